The van der Waals surface area contributed by atoms with Crippen LogP contribution in [0.5, 0.6) is 11.5 Å². The molecule has 3 atom stereocenters. The number of hydrogen-bond acceptors (Lipinski definition) is 5. The van der Waals surface area contributed by atoms with E-state index in [1.807, 2.05) is 25.1 Å². The first-order valence-electron chi connectivity index (χ1n) is 12.3. The van der Waals surface area contributed by atoms with Crippen LogP contribution in [-0.2, 0) is 10.0 Å². The van der Waals surface area contributed by atoms with Crippen LogP contribution in [-0.4, -0.2) is 34.4 Å². The van der Waals surface area contributed by atoms with Crippen molar-refractivity contribution in [3.8, 4) is 11.5 Å². The van der Waals surface area contributed by atoms with E-state index in [4.69, 9.17) is 14.5 Å². The van der Waals surface area contributed by atoms with Gasteiger partial charge < -0.3 is 9.47 Å². The Kier molecular flexibility index (Phi) is 6.51. The molecule has 1 aliphatic carbocycles. The zero-order chi connectivity index (χ0) is 25.4. The molecular weight excluding hydrogens is 472 g/mol. The smallest absolute Gasteiger partial charge is 0.261 e. The van der Waals surface area contributed by atoms with Crippen LogP contribution in [0.2, 0.25) is 0 Å². The van der Waals surface area contributed by atoms with Gasteiger partial charge in [-0.15, -0.1) is 0 Å². The molecule has 7 heteroatoms. The van der Waals surface area contributed by atoms with Gasteiger partial charge in [0.2, 0.25) is 0 Å². The molecule has 0 aromatic heterocycles. The van der Waals surface area contributed by atoms with Crippen LogP contribution >= 0.6 is 0 Å². The monoisotopic (exact) mass is 504 g/mol. The van der Waals surface area contributed by atoms with E-state index < -0.39 is 10.0 Å². The van der Waals surface area contributed by atoms with E-state index >= 15 is 0 Å². The second-order valence-electron chi connectivity index (χ2n) is 9.86. The number of benzene rings is 3. The molecule has 0 amide bonds. The Bertz CT molecular complexity index is 1400. The van der Waals surface area contributed by atoms with Gasteiger partial charge in [0.1, 0.15) is 0 Å². The highest BCUT2D eigenvalue weighted by Crippen LogP contribution is 2.46. The summed E-state index contributed by atoms with van der Waals surface area (Å²) in [6.45, 7) is 4.24. The van der Waals surface area contributed by atoms with E-state index in [1.165, 1.54) is 12.0 Å². The molecule has 6 nitrogen and oxygen atoms in total. The summed E-state index contributed by atoms with van der Waals surface area (Å²) in [5, 5.41) is 0. The van der Waals surface area contributed by atoms with Crippen molar-refractivity contribution in [1.29, 1.82) is 0 Å². The fourth-order valence-corrected chi connectivity index (χ4v) is 6.41. The van der Waals surface area contributed by atoms with E-state index in [2.05, 4.69) is 17.7 Å². The molecule has 2 aliphatic rings. The molecule has 36 heavy (non-hydrogen) atoms. The molecule has 1 unspecified atom stereocenters. The van der Waals surface area contributed by atoms with Crippen molar-refractivity contribution in [3.63, 3.8) is 0 Å². The Hall–Kier alpha value is -3.32. The van der Waals surface area contributed by atoms with Crippen LogP contribution in [0.4, 0.5) is 5.69 Å². The molecule has 0 spiro atoms. The van der Waals surface area contributed by atoms with Crippen molar-refractivity contribution in [3.05, 3.63) is 82.9 Å². The fourth-order valence-electron chi connectivity index (χ4n) is 5.35. The summed E-state index contributed by atoms with van der Waals surface area (Å²) in [4.78, 5) is 5.46. The average molecular weight is 505 g/mol. The summed E-state index contributed by atoms with van der Waals surface area (Å²) < 4.78 is 39.6. The zero-order valence-corrected chi connectivity index (χ0v) is 21.9. The Morgan fingerprint density at radius 2 is 1.58 bits per heavy atom. The predicted molar refractivity (Wildman–Crippen MR) is 143 cm³/mol. The molecule has 1 saturated carbocycles. The van der Waals surface area contributed by atoms with Gasteiger partial charge in [-0.2, -0.15) is 0 Å². The third-order valence-electron chi connectivity index (χ3n) is 7.32. The first kappa shape index (κ1) is 24.4. The Morgan fingerprint density at radius 1 is 0.917 bits per heavy atom. The number of rotatable bonds is 6. The third kappa shape index (κ3) is 4.60. The van der Waals surface area contributed by atoms with Gasteiger partial charge in [-0.1, -0.05) is 36.8 Å². The minimum absolute atomic E-state index is 0.224. The number of ether oxygens (including phenoxy) is 2. The lowest BCUT2D eigenvalue weighted by Gasteiger charge is -2.38. The quantitative estimate of drug-likeness (QED) is 0.451. The topological polar surface area (TPSA) is 77.0 Å². The average Bonchev–Trinajstić information content (AvgIpc) is 2.88. The van der Waals surface area contributed by atoms with Crippen molar-refractivity contribution in [2.45, 2.75) is 50.0 Å². The molecule has 0 radical (unpaired) electrons. The lowest BCUT2D eigenvalue weighted by molar-refractivity contribution is 0.302. The second-order valence-corrected chi connectivity index (χ2v) is 11.5. The van der Waals surface area contributed by atoms with Gasteiger partial charge in [-0.05, 0) is 74.1 Å². The zero-order valence-electron chi connectivity index (χ0n) is 21.1. The Morgan fingerprint density at radius 3 is 2.25 bits per heavy atom. The van der Waals surface area contributed by atoms with Crippen molar-refractivity contribution >= 4 is 21.4 Å². The number of nitrogens with zero attached hydrogens (tertiary/aromatic N) is 1. The number of nitrogens with one attached hydrogen (secondary N) is 1. The number of methoxy groups -OCH3 is 2. The number of aryl methyl sites for hydroxylation is 1. The minimum atomic E-state index is -3.66. The summed E-state index contributed by atoms with van der Waals surface area (Å²) >= 11 is 0. The Labute approximate surface area is 213 Å². The maximum Gasteiger partial charge on any atom is 0.261 e. The first-order valence-corrected chi connectivity index (χ1v) is 13.8. The molecule has 5 rings (SSSR count). The van der Waals surface area contributed by atoms with Crippen LogP contribution < -0.4 is 14.2 Å². The summed E-state index contributed by atoms with van der Waals surface area (Å²) in [7, 11) is -0.356. The van der Waals surface area contributed by atoms with Crippen LogP contribution in [0.1, 0.15) is 54.4 Å². The van der Waals surface area contributed by atoms with E-state index in [0.29, 0.717) is 23.3 Å². The van der Waals surface area contributed by atoms with Crippen molar-refractivity contribution in [2.75, 3.05) is 18.9 Å². The van der Waals surface area contributed by atoms with E-state index in [1.54, 1.807) is 50.6 Å². The molecule has 1 N–H and O–H groups in total. The molecule has 3 aromatic rings. The van der Waals surface area contributed by atoms with Crippen molar-refractivity contribution < 1.29 is 17.9 Å². The van der Waals surface area contributed by atoms with E-state index in [9.17, 15) is 8.42 Å². The highest BCUT2D eigenvalue weighted by molar-refractivity contribution is 7.92. The number of hydrogen-bond donors (Lipinski definition) is 1. The lowest BCUT2D eigenvalue weighted by Crippen LogP contribution is -2.32. The number of sulfonamides is 1. The molecule has 0 bridgehead atoms. The van der Waals surface area contributed by atoms with E-state index in [0.717, 1.165) is 41.0 Å². The molecule has 188 valence electrons. The number of anilines is 1. The van der Waals surface area contributed by atoms with Gasteiger partial charge in [0.15, 0.2) is 11.5 Å². The van der Waals surface area contributed by atoms with E-state index in [-0.39, 0.29) is 10.9 Å². The van der Waals surface area contributed by atoms with Gasteiger partial charge >= 0.3 is 0 Å². The third-order valence-corrected chi connectivity index (χ3v) is 8.72. The molecule has 1 aliphatic heterocycles. The maximum atomic E-state index is 12.8. The van der Waals surface area contributed by atoms with Crippen molar-refractivity contribution in [2.24, 2.45) is 10.9 Å². The second kappa shape index (κ2) is 9.62. The van der Waals surface area contributed by atoms with Gasteiger partial charge in [0.05, 0.1) is 30.9 Å². The fraction of sp³-hybridized carbons (Fsp3) is 0.345. The molecule has 1 fully saturated rings. The standard InChI is InChI=1S/C29H32N2O4S/c1-18-5-12-22(13-6-18)36(32,33)31-21-10-8-20(9-11-21)29-25-17-28(35-4)27(34-3)16-23(25)24-15-19(2)7-14-26(24)30-29/h5-6,8-13,16-17,19,24,26,31H,7,14-15H2,1-4H3/t19?,24-,26-/m0/s1. The summed E-state index contributed by atoms with van der Waals surface area (Å²) in [5.41, 5.74) is 5.67. The van der Waals surface area contributed by atoms with Gasteiger partial charge in [-0.25, -0.2) is 8.42 Å². The van der Waals surface area contributed by atoms with Crippen molar-refractivity contribution in [1.82, 2.24) is 0 Å². The predicted octanol–water partition coefficient (Wildman–Crippen LogP) is 5.94. The molecule has 0 saturated heterocycles. The van der Waals surface area contributed by atoms with Crippen LogP contribution in [0.15, 0.2) is 70.6 Å². The highest BCUT2D eigenvalue weighted by atomic mass is 32.2. The largest absolute Gasteiger partial charge is 0.493 e. The van der Waals surface area contributed by atoms with Gasteiger partial charge in [-0.3, -0.25) is 9.71 Å². The summed E-state index contributed by atoms with van der Waals surface area (Å²) in [5.74, 6) is 2.42. The Balaban J connectivity index is 1.49. The highest BCUT2D eigenvalue weighted by Gasteiger charge is 2.36. The first-order chi connectivity index (χ1) is 17.3. The van der Waals surface area contributed by atoms with Crippen LogP contribution in [0.25, 0.3) is 0 Å². The lowest BCUT2D eigenvalue weighted by atomic mass is 9.71. The van der Waals surface area contributed by atoms with Gasteiger partial charge in [0.25, 0.3) is 10.0 Å². The molecule has 3 aromatic carbocycles. The molecular formula is C29H32N2O4S. The molecule has 1 heterocycles. The van der Waals surface area contributed by atoms with Crippen LogP contribution in [0, 0.1) is 12.8 Å². The normalized spacial score (nSPS) is 21.1. The maximum absolute atomic E-state index is 12.8. The van der Waals surface area contributed by atoms with Gasteiger partial charge in [0, 0.05) is 22.7 Å². The number of fused-ring (bicyclic) bond motifs is 3. The minimum Gasteiger partial charge on any atom is -0.493 e. The summed E-state index contributed by atoms with van der Waals surface area (Å²) in [6.07, 6.45) is 3.32. The SMILES string of the molecule is COc1cc2c(cc1OC)[C@@H]1CC(C)CC[C@@H]1N=C2c1ccc(NS(=O)(=O)c2ccc(C)cc2)cc1. The summed E-state index contributed by atoms with van der Waals surface area (Å²) in [6, 6.07) is 18.6. The number of aliphatic imine (C=N–C) groups is 1. The van der Waals surface area contributed by atoms with Crippen LogP contribution in [0.3, 0.4) is 0 Å².